The predicted octanol–water partition coefficient (Wildman–Crippen LogP) is 4.99. The zero-order valence-corrected chi connectivity index (χ0v) is 15.1. The summed E-state index contributed by atoms with van der Waals surface area (Å²) in [4.78, 5) is 19.1. The normalized spacial score (nSPS) is 12.8. The van der Waals surface area contributed by atoms with Gasteiger partial charge in [-0.05, 0) is 60.9 Å². The standard InChI is InChI=1S/C21H18ClN3O/c1-14-12-16(22)6-7-18(14)24-21(26)19-13-17(8-10-23-19)25-11-9-15-4-2-3-5-20(15)25/h2-8,10,12-13H,9,11H2,1H3,(H,24,26). The monoisotopic (exact) mass is 363 g/mol. The lowest BCUT2D eigenvalue weighted by Crippen LogP contribution is -2.17. The Kier molecular flexibility index (Phi) is 4.35. The van der Waals surface area contributed by atoms with Crippen molar-refractivity contribution < 1.29 is 4.79 Å². The molecule has 0 atom stereocenters. The molecule has 2 heterocycles. The van der Waals surface area contributed by atoms with Gasteiger partial charge >= 0.3 is 0 Å². The molecule has 0 saturated heterocycles. The van der Waals surface area contributed by atoms with Crippen molar-refractivity contribution in [1.29, 1.82) is 0 Å². The van der Waals surface area contributed by atoms with Crippen molar-refractivity contribution in [3.8, 4) is 0 Å². The molecule has 0 aliphatic carbocycles. The molecule has 0 radical (unpaired) electrons. The molecule has 0 bridgehead atoms. The van der Waals surface area contributed by atoms with Gasteiger partial charge in [0.15, 0.2) is 0 Å². The first-order chi connectivity index (χ1) is 12.6. The van der Waals surface area contributed by atoms with Crippen LogP contribution in [0, 0.1) is 6.92 Å². The number of aromatic nitrogens is 1. The Hall–Kier alpha value is -2.85. The molecule has 0 spiro atoms. The molecule has 4 nitrogen and oxygen atoms in total. The van der Waals surface area contributed by atoms with Crippen LogP contribution in [-0.4, -0.2) is 17.4 Å². The number of aryl methyl sites for hydroxylation is 1. The predicted molar refractivity (Wildman–Crippen MR) is 106 cm³/mol. The summed E-state index contributed by atoms with van der Waals surface area (Å²) < 4.78 is 0. The molecule has 1 aliphatic rings. The molecule has 26 heavy (non-hydrogen) atoms. The summed E-state index contributed by atoms with van der Waals surface area (Å²) in [6.45, 7) is 2.81. The number of pyridine rings is 1. The van der Waals surface area contributed by atoms with Crippen LogP contribution in [0.4, 0.5) is 17.1 Å². The Morgan fingerprint density at radius 2 is 2.00 bits per heavy atom. The number of hydrogen-bond acceptors (Lipinski definition) is 3. The minimum atomic E-state index is -0.232. The fourth-order valence-electron chi connectivity index (χ4n) is 3.27. The smallest absolute Gasteiger partial charge is 0.274 e. The van der Waals surface area contributed by atoms with E-state index in [1.165, 1.54) is 11.3 Å². The average Bonchev–Trinajstić information content (AvgIpc) is 3.08. The average molecular weight is 364 g/mol. The lowest BCUT2D eigenvalue weighted by atomic mass is 10.2. The van der Waals surface area contributed by atoms with E-state index >= 15 is 0 Å². The van der Waals surface area contributed by atoms with Crippen LogP contribution in [0.25, 0.3) is 0 Å². The van der Waals surface area contributed by atoms with Gasteiger partial charge in [-0.3, -0.25) is 9.78 Å². The van der Waals surface area contributed by atoms with E-state index in [1.807, 2.05) is 31.2 Å². The van der Waals surface area contributed by atoms with Gasteiger partial charge < -0.3 is 10.2 Å². The van der Waals surface area contributed by atoms with E-state index in [1.54, 1.807) is 18.3 Å². The summed E-state index contributed by atoms with van der Waals surface area (Å²) in [5.74, 6) is -0.232. The number of anilines is 3. The Balaban J connectivity index is 1.59. The zero-order chi connectivity index (χ0) is 18.1. The van der Waals surface area contributed by atoms with Gasteiger partial charge in [0.1, 0.15) is 5.69 Å². The summed E-state index contributed by atoms with van der Waals surface area (Å²) in [6.07, 6.45) is 2.68. The van der Waals surface area contributed by atoms with Crippen LogP contribution in [0.2, 0.25) is 5.02 Å². The van der Waals surface area contributed by atoms with E-state index in [-0.39, 0.29) is 5.91 Å². The summed E-state index contributed by atoms with van der Waals surface area (Å²) in [5, 5.41) is 3.56. The van der Waals surface area contributed by atoms with Gasteiger partial charge in [-0.2, -0.15) is 0 Å². The second kappa shape index (κ2) is 6.81. The number of fused-ring (bicyclic) bond motifs is 1. The molecule has 3 aromatic rings. The van der Waals surface area contributed by atoms with Crippen molar-refractivity contribution in [2.24, 2.45) is 0 Å². The van der Waals surface area contributed by atoms with Crippen molar-refractivity contribution in [2.75, 3.05) is 16.8 Å². The molecule has 4 rings (SSSR count). The lowest BCUT2D eigenvalue weighted by Gasteiger charge is -2.20. The van der Waals surface area contributed by atoms with Crippen molar-refractivity contribution in [3.63, 3.8) is 0 Å². The number of carbonyl (C=O) groups excluding carboxylic acids is 1. The number of para-hydroxylation sites is 1. The maximum absolute atomic E-state index is 12.6. The maximum atomic E-state index is 12.6. The summed E-state index contributed by atoms with van der Waals surface area (Å²) in [7, 11) is 0. The molecule has 1 aliphatic heterocycles. The molecule has 130 valence electrons. The third-order valence-electron chi connectivity index (χ3n) is 4.61. The lowest BCUT2D eigenvalue weighted by molar-refractivity contribution is 0.102. The van der Waals surface area contributed by atoms with Gasteiger partial charge in [-0.15, -0.1) is 0 Å². The van der Waals surface area contributed by atoms with Gasteiger partial charge in [0, 0.05) is 34.8 Å². The number of hydrogen-bond donors (Lipinski definition) is 1. The third-order valence-corrected chi connectivity index (χ3v) is 4.85. The zero-order valence-electron chi connectivity index (χ0n) is 14.4. The number of nitrogens with zero attached hydrogens (tertiary/aromatic N) is 2. The van der Waals surface area contributed by atoms with Crippen molar-refractivity contribution in [3.05, 3.63) is 82.6 Å². The van der Waals surface area contributed by atoms with E-state index in [2.05, 4.69) is 33.4 Å². The second-order valence-corrected chi connectivity index (χ2v) is 6.78. The molecule has 2 aromatic carbocycles. The third kappa shape index (κ3) is 3.16. The minimum Gasteiger partial charge on any atom is -0.341 e. The number of amides is 1. The molecule has 0 saturated carbocycles. The van der Waals surface area contributed by atoms with Crippen molar-refractivity contribution in [2.45, 2.75) is 13.3 Å². The van der Waals surface area contributed by atoms with Crippen LogP contribution in [0.1, 0.15) is 21.6 Å². The Morgan fingerprint density at radius 3 is 2.85 bits per heavy atom. The largest absolute Gasteiger partial charge is 0.341 e. The number of halogens is 1. The van der Waals surface area contributed by atoms with E-state index in [9.17, 15) is 4.79 Å². The van der Waals surface area contributed by atoms with E-state index in [0.29, 0.717) is 10.7 Å². The number of nitrogens with one attached hydrogen (secondary N) is 1. The van der Waals surface area contributed by atoms with E-state index in [0.717, 1.165) is 29.9 Å². The van der Waals surface area contributed by atoms with E-state index in [4.69, 9.17) is 11.6 Å². The van der Waals surface area contributed by atoms with Gasteiger partial charge in [0.2, 0.25) is 0 Å². The first-order valence-corrected chi connectivity index (χ1v) is 8.88. The Labute approximate surface area is 157 Å². The van der Waals surface area contributed by atoms with Crippen LogP contribution >= 0.6 is 11.6 Å². The van der Waals surface area contributed by atoms with E-state index < -0.39 is 0 Å². The first-order valence-electron chi connectivity index (χ1n) is 8.51. The highest BCUT2D eigenvalue weighted by molar-refractivity contribution is 6.30. The number of carbonyl (C=O) groups is 1. The molecule has 1 aromatic heterocycles. The molecular formula is C21H18ClN3O. The first kappa shape index (κ1) is 16.6. The van der Waals surface area contributed by atoms with Gasteiger partial charge in [-0.1, -0.05) is 29.8 Å². The topological polar surface area (TPSA) is 45.2 Å². The maximum Gasteiger partial charge on any atom is 0.274 e. The summed E-state index contributed by atoms with van der Waals surface area (Å²) in [5.41, 5.74) is 5.53. The Morgan fingerprint density at radius 1 is 1.15 bits per heavy atom. The molecule has 1 N–H and O–H groups in total. The summed E-state index contributed by atoms with van der Waals surface area (Å²) in [6, 6.07) is 17.5. The Bertz CT molecular complexity index is 986. The SMILES string of the molecule is Cc1cc(Cl)ccc1NC(=O)c1cc(N2CCc3ccccc32)ccn1. The van der Waals surface area contributed by atoms with Crippen LogP contribution in [0.3, 0.4) is 0 Å². The van der Waals surface area contributed by atoms with Gasteiger partial charge in [0.25, 0.3) is 5.91 Å². The van der Waals surface area contributed by atoms with Gasteiger partial charge in [0.05, 0.1) is 0 Å². The van der Waals surface area contributed by atoms with Crippen LogP contribution in [-0.2, 0) is 6.42 Å². The summed E-state index contributed by atoms with van der Waals surface area (Å²) >= 11 is 5.97. The number of benzene rings is 2. The quantitative estimate of drug-likeness (QED) is 0.713. The molecule has 0 fully saturated rings. The minimum absolute atomic E-state index is 0.232. The number of rotatable bonds is 3. The highest BCUT2D eigenvalue weighted by atomic mass is 35.5. The van der Waals surface area contributed by atoms with Crippen LogP contribution in [0.5, 0.6) is 0 Å². The fraction of sp³-hybridized carbons (Fsp3) is 0.143. The molecule has 5 heteroatoms. The molecule has 0 unspecified atom stereocenters. The van der Waals surface area contributed by atoms with Crippen molar-refractivity contribution in [1.82, 2.24) is 4.98 Å². The fourth-order valence-corrected chi connectivity index (χ4v) is 3.50. The molecule has 1 amide bonds. The van der Waals surface area contributed by atoms with Gasteiger partial charge in [-0.25, -0.2) is 0 Å². The molecular weight excluding hydrogens is 346 g/mol. The highest BCUT2D eigenvalue weighted by Crippen LogP contribution is 2.34. The van der Waals surface area contributed by atoms with Crippen LogP contribution < -0.4 is 10.2 Å². The van der Waals surface area contributed by atoms with Crippen LogP contribution in [0.15, 0.2) is 60.8 Å². The van der Waals surface area contributed by atoms with Crippen molar-refractivity contribution >= 4 is 34.6 Å². The second-order valence-electron chi connectivity index (χ2n) is 6.34. The highest BCUT2D eigenvalue weighted by Gasteiger charge is 2.21.